The molecular formula is C11H8Cl4N4. The molecule has 19 heavy (non-hydrogen) atoms. The van der Waals surface area contributed by atoms with E-state index in [1.807, 2.05) is 0 Å². The summed E-state index contributed by atoms with van der Waals surface area (Å²) >= 11 is 23.7. The molecule has 0 radical (unpaired) electrons. The Kier molecular flexibility index (Phi) is 4.60. The van der Waals surface area contributed by atoms with Crippen LogP contribution in [0.4, 0.5) is 17.3 Å². The molecule has 0 spiro atoms. The van der Waals surface area contributed by atoms with E-state index in [9.17, 15) is 0 Å². The second-order valence-electron chi connectivity index (χ2n) is 3.55. The van der Waals surface area contributed by atoms with Gasteiger partial charge in [0.1, 0.15) is 0 Å². The van der Waals surface area contributed by atoms with Crippen molar-refractivity contribution in [2.75, 3.05) is 10.7 Å². The summed E-state index contributed by atoms with van der Waals surface area (Å²) in [5, 5.41) is 4.57. The Morgan fingerprint density at radius 1 is 0.842 bits per heavy atom. The molecule has 100 valence electrons. The van der Waals surface area contributed by atoms with Crippen LogP contribution in [0.5, 0.6) is 0 Å². The van der Waals surface area contributed by atoms with Crippen LogP contribution in [0.2, 0.25) is 20.1 Å². The number of anilines is 3. The molecule has 0 aliphatic rings. The van der Waals surface area contributed by atoms with E-state index in [1.165, 1.54) is 6.07 Å². The highest BCUT2D eigenvalue weighted by molar-refractivity contribution is 6.42. The lowest BCUT2D eigenvalue weighted by atomic mass is 10.3. The normalized spacial score (nSPS) is 10.4. The number of halogens is 4. The van der Waals surface area contributed by atoms with E-state index in [4.69, 9.17) is 52.2 Å². The molecule has 4 nitrogen and oxygen atoms in total. The van der Waals surface area contributed by atoms with Gasteiger partial charge in [0.25, 0.3) is 0 Å². The fourth-order valence-electron chi connectivity index (χ4n) is 1.37. The lowest BCUT2D eigenvalue weighted by Gasteiger charge is -2.11. The van der Waals surface area contributed by atoms with Crippen molar-refractivity contribution in [2.45, 2.75) is 0 Å². The second kappa shape index (κ2) is 6.03. The molecule has 8 heteroatoms. The van der Waals surface area contributed by atoms with Crippen LogP contribution in [0.25, 0.3) is 0 Å². The Morgan fingerprint density at radius 3 is 2.16 bits per heavy atom. The van der Waals surface area contributed by atoms with Crippen LogP contribution in [0, 0.1) is 0 Å². The predicted octanol–water partition coefficient (Wildman–Crippen LogP) is 4.72. The number of nitrogens with zero attached hydrogens (tertiary/aromatic N) is 1. The molecule has 1 aromatic carbocycles. The zero-order valence-corrected chi connectivity index (χ0v) is 12.4. The Bertz CT molecular complexity index is 618. The van der Waals surface area contributed by atoms with Crippen molar-refractivity contribution in [2.24, 2.45) is 5.84 Å². The molecule has 4 N–H and O–H groups in total. The fraction of sp³-hybridized carbons (Fsp3) is 0. The molecule has 0 unspecified atom stereocenters. The van der Waals surface area contributed by atoms with Gasteiger partial charge >= 0.3 is 0 Å². The highest BCUT2D eigenvalue weighted by Gasteiger charge is 2.09. The van der Waals surface area contributed by atoms with Crippen LogP contribution in [-0.2, 0) is 0 Å². The summed E-state index contributed by atoms with van der Waals surface area (Å²) in [6, 6.07) is 6.60. The number of nitrogens with two attached hydrogens (primary N) is 1. The highest BCUT2D eigenvalue weighted by Crippen LogP contribution is 2.32. The molecule has 0 fully saturated rings. The summed E-state index contributed by atoms with van der Waals surface area (Å²) in [7, 11) is 0. The van der Waals surface area contributed by atoms with Crippen molar-refractivity contribution >= 4 is 63.7 Å². The van der Waals surface area contributed by atoms with Gasteiger partial charge in [0.15, 0.2) is 11.6 Å². The van der Waals surface area contributed by atoms with Crippen molar-refractivity contribution in [3.63, 3.8) is 0 Å². The molecule has 0 aliphatic heterocycles. The number of rotatable bonds is 3. The molecule has 2 rings (SSSR count). The Labute approximate surface area is 129 Å². The quantitative estimate of drug-likeness (QED) is 0.560. The molecule has 1 aromatic heterocycles. The van der Waals surface area contributed by atoms with Crippen LogP contribution >= 0.6 is 46.4 Å². The first kappa shape index (κ1) is 14.5. The lowest BCUT2D eigenvalue weighted by Crippen LogP contribution is -2.10. The van der Waals surface area contributed by atoms with Gasteiger partial charge in [0, 0.05) is 5.69 Å². The molecule has 0 aliphatic carbocycles. The number of nitrogen functional groups attached to an aromatic ring is 1. The summed E-state index contributed by atoms with van der Waals surface area (Å²) in [4.78, 5) is 4.15. The highest BCUT2D eigenvalue weighted by atomic mass is 35.5. The van der Waals surface area contributed by atoms with Gasteiger partial charge in [-0.3, -0.25) is 0 Å². The first-order valence-corrected chi connectivity index (χ1v) is 6.57. The van der Waals surface area contributed by atoms with Crippen molar-refractivity contribution in [1.29, 1.82) is 0 Å². The first-order chi connectivity index (χ1) is 9.01. The minimum absolute atomic E-state index is 0.314. The average molecular weight is 338 g/mol. The SMILES string of the molecule is NNc1nc(Nc2ccc(Cl)c(Cl)c2)c(Cl)cc1Cl. The van der Waals surface area contributed by atoms with Gasteiger partial charge in [-0.2, -0.15) is 0 Å². The molecule has 0 bridgehead atoms. The van der Waals surface area contributed by atoms with E-state index in [1.54, 1.807) is 18.2 Å². The largest absolute Gasteiger partial charge is 0.339 e. The van der Waals surface area contributed by atoms with Gasteiger partial charge in [0.05, 0.1) is 20.1 Å². The van der Waals surface area contributed by atoms with Crippen LogP contribution in [0.15, 0.2) is 24.3 Å². The second-order valence-corrected chi connectivity index (χ2v) is 5.18. The third kappa shape index (κ3) is 3.35. The third-order valence-electron chi connectivity index (χ3n) is 2.25. The van der Waals surface area contributed by atoms with Crippen LogP contribution < -0.4 is 16.6 Å². The molecule has 0 atom stereocenters. The van der Waals surface area contributed by atoms with Gasteiger partial charge in [-0.25, -0.2) is 10.8 Å². The van der Waals surface area contributed by atoms with E-state index >= 15 is 0 Å². The number of hydrogen-bond donors (Lipinski definition) is 3. The van der Waals surface area contributed by atoms with Crippen molar-refractivity contribution in [3.05, 3.63) is 44.4 Å². The third-order valence-corrected chi connectivity index (χ3v) is 3.56. The zero-order chi connectivity index (χ0) is 14.0. The summed E-state index contributed by atoms with van der Waals surface area (Å²) in [5.41, 5.74) is 3.07. The predicted molar refractivity (Wildman–Crippen MR) is 81.8 cm³/mol. The number of benzene rings is 1. The topological polar surface area (TPSA) is 63.0 Å². The molecule has 0 saturated carbocycles. The van der Waals surface area contributed by atoms with Gasteiger partial charge < -0.3 is 10.7 Å². The molecule has 1 heterocycles. The molecule has 0 saturated heterocycles. The monoisotopic (exact) mass is 336 g/mol. The van der Waals surface area contributed by atoms with Crippen molar-refractivity contribution in [3.8, 4) is 0 Å². The number of pyridine rings is 1. The molecule has 0 amide bonds. The number of hydrazine groups is 1. The van der Waals surface area contributed by atoms with Gasteiger partial charge in [-0.05, 0) is 24.3 Å². The fourth-order valence-corrected chi connectivity index (χ4v) is 2.12. The van der Waals surface area contributed by atoms with Crippen molar-refractivity contribution in [1.82, 2.24) is 4.98 Å². The summed E-state index contributed by atoms with van der Waals surface area (Å²) in [6.07, 6.45) is 0. The van der Waals surface area contributed by atoms with E-state index < -0.39 is 0 Å². The Balaban J connectivity index is 2.34. The summed E-state index contributed by atoms with van der Waals surface area (Å²) in [5.74, 6) is 6.01. The average Bonchev–Trinajstić information content (AvgIpc) is 2.37. The van der Waals surface area contributed by atoms with Crippen molar-refractivity contribution < 1.29 is 0 Å². The summed E-state index contributed by atoms with van der Waals surface area (Å²) in [6.45, 7) is 0. The maximum atomic E-state index is 6.04. The maximum absolute atomic E-state index is 6.04. The maximum Gasteiger partial charge on any atom is 0.161 e. The smallest absolute Gasteiger partial charge is 0.161 e. The standard InChI is InChI=1S/C11H8Cl4N4/c12-6-2-1-5(3-7(6)13)17-10-8(14)4-9(15)11(18-10)19-16/h1-4H,16H2,(H2,17,18,19). The minimum Gasteiger partial charge on any atom is -0.339 e. The molecular weight excluding hydrogens is 330 g/mol. The zero-order valence-electron chi connectivity index (χ0n) is 9.35. The van der Waals surface area contributed by atoms with E-state index in [0.717, 1.165) is 0 Å². The number of aromatic nitrogens is 1. The van der Waals surface area contributed by atoms with Crippen LogP contribution in [0.1, 0.15) is 0 Å². The number of hydrogen-bond acceptors (Lipinski definition) is 4. The lowest BCUT2D eigenvalue weighted by molar-refractivity contribution is 1.22. The van der Waals surface area contributed by atoms with E-state index in [-0.39, 0.29) is 0 Å². The first-order valence-electron chi connectivity index (χ1n) is 5.06. The molecule has 2 aromatic rings. The van der Waals surface area contributed by atoms with Crippen LogP contribution in [0.3, 0.4) is 0 Å². The Morgan fingerprint density at radius 2 is 1.53 bits per heavy atom. The van der Waals surface area contributed by atoms with E-state index in [0.29, 0.717) is 37.4 Å². The minimum atomic E-state index is 0.314. The Hall–Kier alpha value is -0.910. The summed E-state index contributed by atoms with van der Waals surface area (Å²) < 4.78 is 0. The van der Waals surface area contributed by atoms with Gasteiger partial charge in [0.2, 0.25) is 0 Å². The van der Waals surface area contributed by atoms with Gasteiger partial charge in [-0.15, -0.1) is 0 Å². The number of nitrogens with one attached hydrogen (secondary N) is 2. The van der Waals surface area contributed by atoms with Crippen LogP contribution in [-0.4, -0.2) is 4.98 Å². The van der Waals surface area contributed by atoms with E-state index in [2.05, 4.69) is 15.7 Å². The van der Waals surface area contributed by atoms with Gasteiger partial charge in [-0.1, -0.05) is 46.4 Å².